The van der Waals surface area contributed by atoms with E-state index >= 15 is 0 Å². The van der Waals surface area contributed by atoms with E-state index in [9.17, 15) is 9.59 Å². The largest absolute Gasteiger partial charge is 0.480 e. The maximum absolute atomic E-state index is 11.9. The summed E-state index contributed by atoms with van der Waals surface area (Å²) in [4.78, 5) is 23.0. The zero-order valence-corrected chi connectivity index (χ0v) is 12.9. The van der Waals surface area contributed by atoms with E-state index in [1.165, 1.54) is 11.8 Å². The normalized spacial score (nSPS) is 12.2. The van der Waals surface area contributed by atoms with Crippen LogP contribution in [0.2, 0.25) is 0 Å². The lowest BCUT2D eigenvalue weighted by atomic mass is 10.1. The Labute approximate surface area is 124 Å². The van der Waals surface area contributed by atoms with Gasteiger partial charge in [-0.1, -0.05) is 39.0 Å². The molecule has 0 aliphatic heterocycles. The molecule has 1 aromatic carbocycles. The van der Waals surface area contributed by atoms with E-state index in [2.05, 4.69) is 5.32 Å². The summed E-state index contributed by atoms with van der Waals surface area (Å²) < 4.78 is 0. The smallest absolute Gasteiger partial charge is 0.316 e. The summed E-state index contributed by atoms with van der Waals surface area (Å²) in [5, 5.41) is 11.4. The van der Waals surface area contributed by atoms with Crippen LogP contribution in [0.15, 0.2) is 24.3 Å². The highest BCUT2D eigenvalue weighted by Crippen LogP contribution is 2.21. The number of carboxylic acid groups (broad SMARTS) is 1. The molecule has 0 aliphatic rings. The van der Waals surface area contributed by atoms with Gasteiger partial charge in [-0.3, -0.25) is 9.59 Å². The average Bonchev–Trinajstić information content (AvgIpc) is 2.38. The first-order chi connectivity index (χ1) is 9.45. The Morgan fingerprint density at radius 2 is 1.95 bits per heavy atom. The summed E-state index contributed by atoms with van der Waals surface area (Å²) in [7, 11) is 0. The van der Waals surface area contributed by atoms with E-state index in [1.807, 2.05) is 45.0 Å². The molecule has 0 radical (unpaired) electrons. The van der Waals surface area contributed by atoms with Crippen molar-refractivity contribution in [1.29, 1.82) is 0 Å². The molecular weight excluding hydrogens is 274 g/mol. The second kappa shape index (κ2) is 7.94. The third kappa shape index (κ3) is 4.89. The molecule has 0 saturated heterocycles. The minimum Gasteiger partial charge on any atom is -0.480 e. The molecule has 0 bridgehead atoms. The molecule has 1 rings (SSSR count). The SMILES string of the molecule is CCc1ccccc1NC(=O)CSC(C(=O)O)C(C)C. The Bertz CT molecular complexity index is 474. The molecule has 2 N–H and O–H groups in total. The number of nitrogens with one attached hydrogen (secondary N) is 1. The molecule has 4 nitrogen and oxygen atoms in total. The molecule has 1 aromatic rings. The lowest BCUT2D eigenvalue weighted by Gasteiger charge is -2.15. The van der Waals surface area contributed by atoms with Crippen LogP contribution in [-0.4, -0.2) is 28.0 Å². The standard InChI is InChI=1S/C15H21NO3S/c1-4-11-7-5-6-8-12(11)16-13(17)9-20-14(10(2)3)15(18)19/h5-8,10,14H,4,9H2,1-3H3,(H,16,17)(H,18,19). The topological polar surface area (TPSA) is 66.4 Å². The first-order valence-corrected chi connectivity index (χ1v) is 7.72. The van der Waals surface area contributed by atoms with Gasteiger partial charge in [0.25, 0.3) is 0 Å². The molecule has 20 heavy (non-hydrogen) atoms. The van der Waals surface area contributed by atoms with Crippen molar-refractivity contribution in [2.75, 3.05) is 11.1 Å². The highest BCUT2D eigenvalue weighted by Gasteiger charge is 2.23. The summed E-state index contributed by atoms with van der Waals surface area (Å²) in [5.41, 5.74) is 1.88. The maximum atomic E-state index is 11.9. The highest BCUT2D eigenvalue weighted by atomic mass is 32.2. The van der Waals surface area contributed by atoms with Gasteiger partial charge in [-0.25, -0.2) is 0 Å². The number of hydrogen-bond acceptors (Lipinski definition) is 3. The number of benzene rings is 1. The van der Waals surface area contributed by atoms with Gasteiger partial charge in [-0.05, 0) is 24.0 Å². The molecule has 0 heterocycles. The van der Waals surface area contributed by atoms with E-state index in [0.717, 1.165) is 17.7 Å². The van der Waals surface area contributed by atoms with Gasteiger partial charge in [-0.15, -0.1) is 11.8 Å². The van der Waals surface area contributed by atoms with Crippen molar-refractivity contribution in [2.24, 2.45) is 5.92 Å². The van der Waals surface area contributed by atoms with Gasteiger partial charge < -0.3 is 10.4 Å². The van der Waals surface area contributed by atoms with Crippen molar-refractivity contribution in [2.45, 2.75) is 32.4 Å². The predicted octanol–water partition coefficient (Wildman–Crippen LogP) is 3.03. The molecule has 5 heteroatoms. The Kier molecular flexibility index (Phi) is 6.58. The Morgan fingerprint density at radius 1 is 1.30 bits per heavy atom. The second-order valence-corrected chi connectivity index (χ2v) is 6.00. The summed E-state index contributed by atoms with van der Waals surface area (Å²) in [6.07, 6.45) is 0.841. The lowest BCUT2D eigenvalue weighted by molar-refractivity contribution is -0.137. The van der Waals surface area contributed by atoms with Crippen molar-refractivity contribution >= 4 is 29.3 Å². The quantitative estimate of drug-likeness (QED) is 0.811. The average molecular weight is 295 g/mol. The third-order valence-electron chi connectivity index (χ3n) is 2.92. The Hall–Kier alpha value is -1.49. The van der Waals surface area contributed by atoms with E-state index in [1.54, 1.807) is 0 Å². The number of thioether (sulfide) groups is 1. The number of rotatable bonds is 7. The van der Waals surface area contributed by atoms with Crippen molar-refractivity contribution < 1.29 is 14.7 Å². The van der Waals surface area contributed by atoms with E-state index in [-0.39, 0.29) is 17.6 Å². The lowest BCUT2D eigenvalue weighted by Crippen LogP contribution is -2.25. The molecule has 0 saturated carbocycles. The van der Waals surface area contributed by atoms with Crippen LogP contribution in [0.4, 0.5) is 5.69 Å². The van der Waals surface area contributed by atoms with Gasteiger partial charge in [-0.2, -0.15) is 0 Å². The number of aryl methyl sites for hydroxylation is 1. The summed E-state index contributed by atoms with van der Waals surface area (Å²) >= 11 is 1.17. The molecule has 0 spiro atoms. The fourth-order valence-electron chi connectivity index (χ4n) is 1.85. The fourth-order valence-corrected chi connectivity index (χ4v) is 2.78. The number of para-hydroxylation sites is 1. The van der Waals surface area contributed by atoms with Gasteiger partial charge in [0.1, 0.15) is 5.25 Å². The summed E-state index contributed by atoms with van der Waals surface area (Å²) in [5.74, 6) is -0.893. The van der Waals surface area contributed by atoms with Gasteiger partial charge >= 0.3 is 5.97 Å². The minimum atomic E-state index is -0.869. The summed E-state index contributed by atoms with van der Waals surface area (Å²) in [6.45, 7) is 5.71. The van der Waals surface area contributed by atoms with Gasteiger partial charge in [0.05, 0.1) is 5.75 Å². The maximum Gasteiger partial charge on any atom is 0.316 e. The number of aliphatic carboxylic acids is 1. The zero-order chi connectivity index (χ0) is 15.1. The number of anilines is 1. The first kappa shape index (κ1) is 16.6. The third-order valence-corrected chi connectivity index (χ3v) is 4.45. The van der Waals surface area contributed by atoms with Crippen LogP contribution in [0.1, 0.15) is 26.3 Å². The molecule has 0 fully saturated rings. The number of carboxylic acids is 1. The van der Waals surface area contributed by atoms with Crippen LogP contribution in [0.3, 0.4) is 0 Å². The molecule has 1 atom stereocenters. The highest BCUT2D eigenvalue weighted by molar-refractivity contribution is 8.01. The fraction of sp³-hybridized carbons (Fsp3) is 0.467. The molecule has 1 amide bonds. The Balaban J connectivity index is 2.57. The number of hydrogen-bond donors (Lipinski definition) is 2. The predicted molar refractivity (Wildman–Crippen MR) is 83.2 cm³/mol. The van der Waals surface area contributed by atoms with Crippen LogP contribution in [0, 0.1) is 5.92 Å². The number of amides is 1. The van der Waals surface area contributed by atoms with Crippen molar-refractivity contribution in [3.63, 3.8) is 0 Å². The van der Waals surface area contributed by atoms with E-state index < -0.39 is 11.2 Å². The molecule has 0 aliphatic carbocycles. The number of carbonyl (C=O) groups is 2. The van der Waals surface area contributed by atoms with Gasteiger partial charge in [0, 0.05) is 5.69 Å². The molecular formula is C15H21NO3S. The number of carbonyl (C=O) groups excluding carboxylic acids is 1. The van der Waals surface area contributed by atoms with Crippen molar-refractivity contribution in [3.8, 4) is 0 Å². The van der Waals surface area contributed by atoms with Crippen LogP contribution in [0.5, 0.6) is 0 Å². The Morgan fingerprint density at radius 3 is 2.50 bits per heavy atom. The molecule has 110 valence electrons. The van der Waals surface area contributed by atoms with Gasteiger partial charge in [0.15, 0.2) is 0 Å². The first-order valence-electron chi connectivity index (χ1n) is 6.67. The molecule has 1 unspecified atom stereocenters. The van der Waals surface area contributed by atoms with Crippen LogP contribution in [-0.2, 0) is 16.0 Å². The minimum absolute atomic E-state index is 0.00627. The summed E-state index contributed by atoms with van der Waals surface area (Å²) in [6, 6.07) is 7.63. The second-order valence-electron chi connectivity index (χ2n) is 4.87. The van der Waals surface area contributed by atoms with E-state index in [0.29, 0.717) is 0 Å². The van der Waals surface area contributed by atoms with Crippen molar-refractivity contribution in [1.82, 2.24) is 0 Å². The van der Waals surface area contributed by atoms with Gasteiger partial charge in [0.2, 0.25) is 5.91 Å². The zero-order valence-electron chi connectivity index (χ0n) is 12.1. The van der Waals surface area contributed by atoms with Crippen LogP contribution >= 0.6 is 11.8 Å². The monoisotopic (exact) mass is 295 g/mol. The van der Waals surface area contributed by atoms with E-state index in [4.69, 9.17) is 5.11 Å². The van der Waals surface area contributed by atoms with Crippen LogP contribution in [0.25, 0.3) is 0 Å². The van der Waals surface area contributed by atoms with Crippen molar-refractivity contribution in [3.05, 3.63) is 29.8 Å². The van der Waals surface area contributed by atoms with Crippen LogP contribution < -0.4 is 5.32 Å². The molecule has 0 aromatic heterocycles.